The van der Waals surface area contributed by atoms with Crippen molar-refractivity contribution in [1.29, 1.82) is 0 Å². The van der Waals surface area contributed by atoms with Gasteiger partial charge < -0.3 is 10.6 Å². The number of amides is 1. The summed E-state index contributed by atoms with van der Waals surface area (Å²) in [5.41, 5.74) is 0.116. The first-order chi connectivity index (χ1) is 8.93. The van der Waals surface area contributed by atoms with Gasteiger partial charge in [-0.2, -0.15) is 0 Å². The van der Waals surface area contributed by atoms with Crippen molar-refractivity contribution in [2.75, 3.05) is 6.54 Å². The molecule has 1 amide bonds. The summed E-state index contributed by atoms with van der Waals surface area (Å²) in [5, 5.41) is 16.1. The Morgan fingerprint density at radius 2 is 2.16 bits per heavy atom. The summed E-state index contributed by atoms with van der Waals surface area (Å²) in [7, 11) is 0. The molecule has 1 rings (SSSR count). The third kappa shape index (κ3) is 4.63. The van der Waals surface area contributed by atoms with Crippen molar-refractivity contribution in [3.05, 3.63) is 39.7 Å². The molecule has 0 aromatic heterocycles. The van der Waals surface area contributed by atoms with Gasteiger partial charge in [-0.1, -0.05) is 0 Å². The fourth-order valence-corrected chi connectivity index (χ4v) is 1.53. The van der Waals surface area contributed by atoms with E-state index in [4.69, 9.17) is 0 Å². The highest BCUT2D eigenvalue weighted by Crippen LogP contribution is 2.16. The Balaban J connectivity index is 2.67. The quantitative estimate of drug-likeness (QED) is 0.603. The van der Waals surface area contributed by atoms with Crippen LogP contribution in [0.25, 0.3) is 0 Å². The fourth-order valence-electron chi connectivity index (χ4n) is 1.53. The third-order valence-electron chi connectivity index (χ3n) is 2.51. The number of nitrogens with one attached hydrogen (secondary N) is 2. The first-order valence-corrected chi connectivity index (χ1v) is 5.89. The Bertz CT molecular complexity index is 479. The molecule has 7 heteroatoms. The number of halogens is 1. The van der Waals surface area contributed by atoms with E-state index in [1.807, 2.05) is 0 Å². The van der Waals surface area contributed by atoms with Crippen LogP contribution in [0.1, 0.15) is 19.4 Å². The van der Waals surface area contributed by atoms with E-state index in [1.54, 1.807) is 13.8 Å². The molecule has 19 heavy (non-hydrogen) atoms. The lowest BCUT2D eigenvalue weighted by atomic mass is 10.2. The second kappa shape index (κ2) is 6.79. The summed E-state index contributed by atoms with van der Waals surface area (Å²) in [6.45, 7) is 4.17. The minimum atomic E-state index is -0.670. The number of hydrogen-bond acceptors (Lipinski definition) is 4. The summed E-state index contributed by atoms with van der Waals surface area (Å²) < 4.78 is 13.2. The number of hydrogen-bond donors (Lipinski definition) is 2. The molecule has 0 bridgehead atoms. The number of carbonyl (C=O) groups is 1. The van der Waals surface area contributed by atoms with Crippen molar-refractivity contribution in [2.45, 2.75) is 26.4 Å². The summed E-state index contributed by atoms with van der Waals surface area (Å²) >= 11 is 0. The second-order valence-corrected chi connectivity index (χ2v) is 4.07. The average molecular weight is 269 g/mol. The minimum absolute atomic E-state index is 0.173. The van der Waals surface area contributed by atoms with Crippen molar-refractivity contribution in [2.24, 2.45) is 0 Å². The average Bonchev–Trinajstić information content (AvgIpc) is 2.35. The largest absolute Gasteiger partial charge is 0.355 e. The van der Waals surface area contributed by atoms with Crippen LogP contribution in [-0.4, -0.2) is 23.4 Å². The zero-order valence-electron chi connectivity index (χ0n) is 10.8. The number of nitro benzene ring substituents is 1. The van der Waals surface area contributed by atoms with Gasteiger partial charge in [0.15, 0.2) is 0 Å². The smallest absolute Gasteiger partial charge is 0.272 e. The highest BCUT2D eigenvalue weighted by Gasteiger charge is 2.13. The minimum Gasteiger partial charge on any atom is -0.355 e. The van der Waals surface area contributed by atoms with Gasteiger partial charge in [0, 0.05) is 19.2 Å². The van der Waals surface area contributed by atoms with E-state index in [0.29, 0.717) is 12.1 Å². The molecule has 0 fully saturated rings. The lowest BCUT2D eigenvalue weighted by molar-refractivity contribution is -0.385. The zero-order chi connectivity index (χ0) is 14.4. The number of nitrogens with zero attached hydrogens (tertiary/aromatic N) is 1. The van der Waals surface area contributed by atoms with Gasteiger partial charge in [-0.15, -0.1) is 0 Å². The van der Waals surface area contributed by atoms with Crippen LogP contribution in [0.3, 0.4) is 0 Å². The van der Waals surface area contributed by atoms with Gasteiger partial charge in [0.1, 0.15) is 5.82 Å². The molecule has 0 spiro atoms. The molecule has 0 aliphatic carbocycles. The Morgan fingerprint density at radius 1 is 1.47 bits per heavy atom. The van der Waals surface area contributed by atoms with Gasteiger partial charge in [0.2, 0.25) is 5.91 Å². The topological polar surface area (TPSA) is 84.3 Å². The van der Waals surface area contributed by atoms with Crippen molar-refractivity contribution >= 4 is 11.6 Å². The Hall–Kier alpha value is -2.02. The molecule has 1 aromatic carbocycles. The molecule has 0 saturated carbocycles. The summed E-state index contributed by atoms with van der Waals surface area (Å²) in [5.74, 6) is -0.843. The molecule has 1 aromatic rings. The number of nitro groups is 1. The van der Waals surface area contributed by atoms with Gasteiger partial charge in [0.05, 0.1) is 17.0 Å². The Labute approximate surface area is 110 Å². The van der Waals surface area contributed by atoms with E-state index in [1.165, 1.54) is 12.1 Å². The SMILES string of the molecule is CCNC(=O)C(C)NCc1cc(F)cc([N+](=O)[O-])c1. The maximum absolute atomic E-state index is 13.2. The van der Waals surface area contributed by atoms with Crippen LogP contribution >= 0.6 is 0 Å². The van der Waals surface area contributed by atoms with Crippen LogP contribution in [0.5, 0.6) is 0 Å². The van der Waals surface area contributed by atoms with E-state index in [2.05, 4.69) is 10.6 Å². The monoisotopic (exact) mass is 269 g/mol. The molecule has 1 unspecified atom stereocenters. The first-order valence-electron chi connectivity index (χ1n) is 5.89. The normalized spacial score (nSPS) is 11.9. The van der Waals surface area contributed by atoms with Crippen LogP contribution in [0, 0.1) is 15.9 Å². The number of non-ortho nitro benzene ring substituents is 1. The number of likely N-dealkylation sites (N-methyl/N-ethyl adjacent to an activating group) is 1. The van der Waals surface area contributed by atoms with E-state index in [0.717, 1.165) is 6.07 Å². The Morgan fingerprint density at radius 3 is 2.74 bits per heavy atom. The predicted octanol–water partition coefficient (Wildman–Crippen LogP) is 1.35. The van der Waals surface area contributed by atoms with Crippen molar-refractivity contribution in [3.63, 3.8) is 0 Å². The highest BCUT2D eigenvalue weighted by atomic mass is 19.1. The first kappa shape index (κ1) is 15.0. The van der Waals surface area contributed by atoms with Crippen molar-refractivity contribution in [3.8, 4) is 0 Å². The Kier molecular flexibility index (Phi) is 5.37. The molecule has 0 heterocycles. The van der Waals surface area contributed by atoms with Gasteiger partial charge >= 0.3 is 0 Å². The number of rotatable bonds is 6. The van der Waals surface area contributed by atoms with Crippen LogP contribution in [-0.2, 0) is 11.3 Å². The lowest BCUT2D eigenvalue weighted by Crippen LogP contribution is -2.41. The highest BCUT2D eigenvalue weighted by molar-refractivity contribution is 5.81. The molecule has 0 aliphatic heterocycles. The maximum atomic E-state index is 13.2. The van der Waals surface area contributed by atoms with Gasteiger partial charge in [-0.05, 0) is 25.5 Å². The molecule has 0 saturated heterocycles. The second-order valence-electron chi connectivity index (χ2n) is 4.07. The van der Waals surface area contributed by atoms with Crippen molar-refractivity contribution in [1.82, 2.24) is 10.6 Å². The predicted molar refractivity (Wildman–Crippen MR) is 68.0 cm³/mol. The zero-order valence-corrected chi connectivity index (χ0v) is 10.8. The van der Waals surface area contributed by atoms with Crippen LogP contribution < -0.4 is 10.6 Å². The van der Waals surface area contributed by atoms with Crippen molar-refractivity contribution < 1.29 is 14.1 Å². The summed E-state index contributed by atoms with van der Waals surface area (Å²) in [6, 6.07) is 2.88. The molecule has 104 valence electrons. The third-order valence-corrected chi connectivity index (χ3v) is 2.51. The number of carbonyl (C=O) groups excluding carboxylic acids is 1. The molecular weight excluding hydrogens is 253 g/mol. The van der Waals surface area contributed by atoms with E-state index < -0.39 is 16.8 Å². The van der Waals surface area contributed by atoms with Crippen LogP contribution in [0.15, 0.2) is 18.2 Å². The van der Waals surface area contributed by atoms with Gasteiger partial charge in [-0.25, -0.2) is 4.39 Å². The molecule has 0 radical (unpaired) electrons. The molecular formula is C12H16FN3O3. The van der Waals surface area contributed by atoms with Crippen LogP contribution in [0.2, 0.25) is 0 Å². The van der Waals surface area contributed by atoms with Crippen LogP contribution in [0.4, 0.5) is 10.1 Å². The van der Waals surface area contributed by atoms with E-state index in [-0.39, 0.29) is 18.1 Å². The van der Waals surface area contributed by atoms with E-state index in [9.17, 15) is 19.3 Å². The fraction of sp³-hybridized carbons (Fsp3) is 0.417. The molecule has 1 atom stereocenters. The summed E-state index contributed by atoms with van der Waals surface area (Å²) in [4.78, 5) is 21.4. The van der Waals surface area contributed by atoms with Gasteiger partial charge in [-0.3, -0.25) is 14.9 Å². The molecule has 2 N–H and O–H groups in total. The standard InChI is InChI=1S/C12H16FN3O3/c1-3-14-12(17)8(2)15-7-9-4-10(13)6-11(5-9)16(18)19/h4-6,8,15H,3,7H2,1-2H3,(H,14,17). The number of benzene rings is 1. The maximum Gasteiger partial charge on any atom is 0.272 e. The lowest BCUT2D eigenvalue weighted by Gasteiger charge is -2.13. The summed E-state index contributed by atoms with van der Waals surface area (Å²) in [6.07, 6.45) is 0. The van der Waals surface area contributed by atoms with Gasteiger partial charge in [0.25, 0.3) is 5.69 Å². The molecule has 6 nitrogen and oxygen atoms in total. The van der Waals surface area contributed by atoms with E-state index >= 15 is 0 Å². The molecule has 0 aliphatic rings.